The van der Waals surface area contributed by atoms with Gasteiger partial charge in [0.05, 0.1) is 0 Å². The Labute approximate surface area is 207 Å². The van der Waals surface area contributed by atoms with Crippen LogP contribution in [-0.2, 0) is 30.7 Å². The van der Waals surface area contributed by atoms with Gasteiger partial charge in [-0.15, -0.1) is 10.2 Å². The molecule has 0 unspecified atom stereocenters. The van der Waals surface area contributed by atoms with Crippen molar-refractivity contribution in [2.75, 3.05) is 6.54 Å². The number of amides is 2. The molecule has 0 atom stereocenters. The zero-order valence-corrected chi connectivity index (χ0v) is 20.6. The molecule has 186 valence electrons. The average Bonchev–Trinajstić information content (AvgIpc) is 3.07. The minimum absolute atomic E-state index is 0.0789. The Morgan fingerprint density at radius 1 is 0.914 bits per heavy atom. The van der Waals surface area contributed by atoms with Gasteiger partial charge in [0.2, 0.25) is 5.91 Å². The zero-order chi connectivity index (χ0) is 23.8. The highest BCUT2D eigenvalue weighted by molar-refractivity contribution is 5.94. The van der Waals surface area contributed by atoms with E-state index < -0.39 is 0 Å². The SMILES string of the molecule is O=C(NCCc1nnc2n1CCCCC2)c1ccc(CNC(=O)C23CC4CC(CC(C4)C2)C3)cc1. The first kappa shape index (κ1) is 22.7. The van der Waals surface area contributed by atoms with Crippen LogP contribution in [0.3, 0.4) is 0 Å². The van der Waals surface area contributed by atoms with Gasteiger partial charge in [-0.05, 0) is 86.8 Å². The highest BCUT2D eigenvalue weighted by Crippen LogP contribution is 2.60. The van der Waals surface area contributed by atoms with E-state index in [1.165, 1.54) is 38.5 Å². The van der Waals surface area contributed by atoms with Crippen molar-refractivity contribution in [3.05, 3.63) is 47.0 Å². The summed E-state index contributed by atoms with van der Waals surface area (Å²) < 4.78 is 2.23. The smallest absolute Gasteiger partial charge is 0.251 e. The first-order chi connectivity index (χ1) is 17.1. The summed E-state index contributed by atoms with van der Waals surface area (Å²) in [6.07, 6.45) is 12.6. The molecule has 2 heterocycles. The van der Waals surface area contributed by atoms with Gasteiger partial charge >= 0.3 is 0 Å². The molecule has 2 aromatic rings. The van der Waals surface area contributed by atoms with Crippen molar-refractivity contribution in [2.45, 2.75) is 83.7 Å². The van der Waals surface area contributed by atoms with Crippen LogP contribution >= 0.6 is 0 Å². The summed E-state index contributed by atoms with van der Waals surface area (Å²) in [6, 6.07) is 7.61. The standard InChI is InChI=1S/C28H37N5O2/c34-26(29-10-9-25-32-31-24-4-2-1-3-11-33(24)25)23-7-5-19(6-8-23)18-30-27(35)28-15-20-12-21(16-28)14-22(13-20)17-28/h5-8,20-22H,1-4,9-18H2,(H,29,34)(H,30,35). The second kappa shape index (κ2) is 9.40. The molecule has 35 heavy (non-hydrogen) atoms. The molecule has 4 fully saturated rings. The van der Waals surface area contributed by atoms with Crippen LogP contribution in [0, 0.1) is 23.2 Å². The lowest BCUT2D eigenvalue weighted by molar-refractivity contribution is -0.146. The lowest BCUT2D eigenvalue weighted by Gasteiger charge is -2.55. The third-order valence-corrected chi connectivity index (χ3v) is 9.01. The number of carbonyl (C=O) groups is 2. The van der Waals surface area contributed by atoms with Crippen LogP contribution in [0.15, 0.2) is 24.3 Å². The van der Waals surface area contributed by atoms with E-state index in [0.717, 1.165) is 67.2 Å². The highest BCUT2D eigenvalue weighted by Gasteiger charge is 2.54. The van der Waals surface area contributed by atoms with Gasteiger partial charge in [0.1, 0.15) is 11.6 Å². The van der Waals surface area contributed by atoms with Crippen LogP contribution in [0.1, 0.15) is 85.4 Å². The predicted octanol–water partition coefficient (Wildman–Crippen LogP) is 3.81. The molecule has 7 nitrogen and oxygen atoms in total. The number of nitrogens with zero attached hydrogens (tertiary/aromatic N) is 3. The van der Waals surface area contributed by atoms with Crippen molar-refractivity contribution in [1.29, 1.82) is 0 Å². The van der Waals surface area contributed by atoms with E-state index in [1.54, 1.807) is 0 Å². The normalized spacial score (nSPS) is 28.9. The van der Waals surface area contributed by atoms with Crippen molar-refractivity contribution >= 4 is 11.8 Å². The summed E-state index contributed by atoms with van der Waals surface area (Å²) in [5.74, 6) is 4.52. The van der Waals surface area contributed by atoms with Crippen LogP contribution in [0.25, 0.3) is 0 Å². The lowest BCUT2D eigenvalue weighted by Crippen LogP contribution is -2.53. The molecule has 7 heteroatoms. The third kappa shape index (κ3) is 4.62. The van der Waals surface area contributed by atoms with Gasteiger partial charge in [-0.25, -0.2) is 0 Å². The lowest BCUT2D eigenvalue weighted by atomic mass is 9.49. The van der Waals surface area contributed by atoms with E-state index in [-0.39, 0.29) is 17.2 Å². The quantitative estimate of drug-likeness (QED) is 0.637. The summed E-state index contributed by atoms with van der Waals surface area (Å²) in [4.78, 5) is 25.8. The number of aryl methyl sites for hydroxylation is 1. The Bertz CT molecular complexity index is 1050. The van der Waals surface area contributed by atoms with Crippen molar-refractivity contribution in [1.82, 2.24) is 25.4 Å². The molecule has 0 spiro atoms. The summed E-state index contributed by atoms with van der Waals surface area (Å²) in [7, 11) is 0. The first-order valence-corrected chi connectivity index (χ1v) is 13.6. The van der Waals surface area contributed by atoms with Crippen LogP contribution in [0.2, 0.25) is 0 Å². The fraction of sp³-hybridized carbons (Fsp3) is 0.643. The molecule has 2 N–H and O–H groups in total. The number of rotatable bonds is 7. The maximum absolute atomic E-state index is 13.2. The van der Waals surface area contributed by atoms with Crippen LogP contribution in [-0.4, -0.2) is 33.1 Å². The fourth-order valence-electron chi connectivity index (χ4n) is 7.65. The number of benzene rings is 1. The fourth-order valence-corrected chi connectivity index (χ4v) is 7.65. The Kier molecular flexibility index (Phi) is 6.11. The number of nitrogens with one attached hydrogen (secondary N) is 2. The molecule has 1 aliphatic heterocycles. The van der Waals surface area contributed by atoms with Gasteiger partial charge in [-0.2, -0.15) is 0 Å². The molecule has 0 radical (unpaired) electrons. The molecule has 1 aromatic carbocycles. The largest absolute Gasteiger partial charge is 0.352 e. The Morgan fingerprint density at radius 3 is 2.34 bits per heavy atom. The molecule has 2 amide bonds. The number of hydrogen-bond donors (Lipinski definition) is 2. The van der Waals surface area contributed by atoms with Crippen LogP contribution in [0.5, 0.6) is 0 Å². The van der Waals surface area contributed by atoms with Crippen LogP contribution in [0.4, 0.5) is 0 Å². The summed E-state index contributed by atoms with van der Waals surface area (Å²) in [5, 5.41) is 14.9. The Morgan fingerprint density at radius 2 is 1.63 bits per heavy atom. The zero-order valence-electron chi connectivity index (χ0n) is 20.6. The topological polar surface area (TPSA) is 88.9 Å². The van der Waals surface area contributed by atoms with Crippen LogP contribution < -0.4 is 10.6 Å². The molecule has 1 aromatic heterocycles. The molecule has 4 bridgehead atoms. The highest BCUT2D eigenvalue weighted by atomic mass is 16.2. The Balaban J connectivity index is 0.987. The molecule has 0 saturated heterocycles. The predicted molar refractivity (Wildman–Crippen MR) is 133 cm³/mol. The molecular formula is C28H37N5O2. The maximum atomic E-state index is 13.2. The molecule has 4 aliphatic carbocycles. The van der Waals surface area contributed by atoms with Gasteiger partial charge in [0.15, 0.2) is 0 Å². The van der Waals surface area contributed by atoms with Crippen molar-refractivity contribution in [2.24, 2.45) is 23.2 Å². The van der Waals surface area contributed by atoms with Gasteiger partial charge in [0.25, 0.3) is 5.91 Å². The van der Waals surface area contributed by atoms with Gasteiger partial charge in [-0.3, -0.25) is 9.59 Å². The van der Waals surface area contributed by atoms with E-state index in [0.29, 0.717) is 25.1 Å². The minimum Gasteiger partial charge on any atom is -0.352 e. The average molecular weight is 476 g/mol. The number of hydrogen-bond acceptors (Lipinski definition) is 4. The monoisotopic (exact) mass is 475 g/mol. The van der Waals surface area contributed by atoms with Crippen molar-refractivity contribution in [3.8, 4) is 0 Å². The molecule has 4 saturated carbocycles. The molecule has 5 aliphatic rings. The van der Waals surface area contributed by atoms with E-state index >= 15 is 0 Å². The van der Waals surface area contributed by atoms with Gasteiger partial charge in [0, 0.05) is 43.5 Å². The molecular weight excluding hydrogens is 438 g/mol. The van der Waals surface area contributed by atoms with E-state index in [2.05, 4.69) is 25.4 Å². The van der Waals surface area contributed by atoms with E-state index in [1.807, 2.05) is 24.3 Å². The number of aromatic nitrogens is 3. The second-order valence-electron chi connectivity index (χ2n) is 11.6. The summed E-state index contributed by atoms with van der Waals surface area (Å²) in [6.45, 7) is 2.05. The minimum atomic E-state index is -0.114. The first-order valence-electron chi connectivity index (χ1n) is 13.6. The summed E-state index contributed by atoms with van der Waals surface area (Å²) >= 11 is 0. The second-order valence-corrected chi connectivity index (χ2v) is 11.6. The van der Waals surface area contributed by atoms with E-state index in [4.69, 9.17) is 0 Å². The van der Waals surface area contributed by atoms with Gasteiger partial charge < -0.3 is 15.2 Å². The van der Waals surface area contributed by atoms with Gasteiger partial charge in [-0.1, -0.05) is 18.6 Å². The maximum Gasteiger partial charge on any atom is 0.251 e. The Hall–Kier alpha value is -2.70. The number of fused-ring (bicyclic) bond motifs is 1. The molecule has 7 rings (SSSR count). The number of carbonyl (C=O) groups excluding carboxylic acids is 2. The van der Waals surface area contributed by atoms with E-state index in [9.17, 15) is 9.59 Å². The summed E-state index contributed by atoms with van der Waals surface area (Å²) in [5.41, 5.74) is 1.56. The van der Waals surface area contributed by atoms with Crippen molar-refractivity contribution in [3.63, 3.8) is 0 Å². The third-order valence-electron chi connectivity index (χ3n) is 9.01. The van der Waals surface area contributed by atoms with Crippen molar-refractivity contribution < 1.29 is 9.59 Å².